The van der Waals surface area contributed by atoms with Crippen LogP contribution in [-0.4, -0.2) is 22.2 Å². The van der Waals surface area contributed by atoms with Gasteiger partial charge in [0.25, 0.3) is 0 Å². The molecule has 1 aromatic rings. The monoisotopic (exact) mass is 217 g/mol. The van der Waals surface area contributed by atoms with Crippen molar-refractivity contribution in [3.63, 3.8) is 0 Å². The third kappa shape index (κ3) is 2.88. The van der Waals surface area contributed by atoms with Gasteiger partial charge < -0.3 is 10.2 Å². The van der Waals surface area contributed by atoms with E-state index in [0.717, 1.165) is 17.7 Å². The summed E-state index contributed by atoms with van der Waals surface area (Å²) >= 11 is 0. The van der Waals surface area contributed by atoms with Crippen LogP contribution in [0.3, 0.4) is 0 Å². The van der Waals surface area contributed by atoms with Crippen molar-refractivity contribution in [2.45, 2.75) is 12.5 Å². The number of halogens is 2. The number of phenolic OH excluding ortho intramolecular Hbond substituents is 1. The predicted molar refractivity (Wildman–Crippen MR) is 47.4 cm³/mol. The third-order valence-electron chi connectivity index (χ3n) is 1.88. The number of nitrogens with one attached hydrogen (secondary N) is 1. The van der Waals surface area contributed by atoms with Gasteiger partial charge in [0.15, 0.2) is 11.6 Å². The van der Waals surface area contributed by atoms with Gasteiger partial charge in [0.2, 0.25) is 0 Å². The summed E-state index contributed by atoms with van der Waals surface area (Å²) in [5, 5.41) is 17.4. The molecule has 0 aliphatic rings. The Morgan fingerprint density at radius 2 is 2.20 bits per heavy atom. The second-order valence-corrected chi connectivity index (χ2v) is 2.99. The van der Waals surface area contributed by atoms with Crippen molar-refractivity contribution in [1.82, 2.24) is 5.54 Å². The fourth-order valence-electron chi connectivity index (χ4n) is 1.09. The molecule has 0 bridgehead atoms. The topological polar surface area (TPSA) is 69.6 Å². The molecule has 0 fully saturated rings. The van der Waals surface area contributed by atoms with Gasteiger partial charge in [-0.15, -0.1) is 10.0 Å². The zero-order valence-corrected chi connectivity index (χ0v) is 7.58. The zero-order chi connectivity index (χ0) is 11.4. The molecule has 0 aliphatic carbocycles. The number of carboxylic acid groups (broad SMARTS) is 1. The van der Waals surface area contributed by atoms with Gasteiger partial charge in [-0.1, -0.05) is 6.07 Å². The number of hydrogen-bond donors (Lipinski definition) is 3. The standard InChI is InChI=1S/C9H9F2NO3/c10-6-3-5(1-2-8(6)13)4-7(12-11)9(14)15/h1-3,7,12-13H,4H2,(H,14,15). The quantitative estimate of drug-likeness (QED) is 0.658. The van der Waals surface area contributed by atoms with Crippen LogP contribution >= 0.6 is 0 Å². The Balaban J connectivity index is 2.80. The molecule has 1 aromatic carbocycles. The molecule has 1 atom stereocenters. The van der Waals surface area contributed by atoms with Crippen LogP contribution in [0.25, 0.3) is 0 Å². The molecule has 0 saturated carbocycles. The minimum Gasteiger partial charge on any atom is -0.505 e. The molecule has 3 N–H and O–H groups in total. The average Bonchev–Trinajstić information content (AvgIpc) is 2.19. The van der Waals surface area contributed by atoms with Crippen LogP contribution in [0, 0.1) is 5.82 Å². The average molecular weight is 217 g/mol. The highest BCUT2D eigenvalue weighted by molar-refractivity contribution is 5.73. The fraction of sp³-hybridized carbons (Fsp3) is 0.222. The van der Waals surface area contributed by atoms with Crippen molar-refractivity contribution in [2.75, 3.05) is 0 Å². The Morgan fingerprint density at radius 3 is 2.67 bits per heavy atom. The number of benzene rings is 1. The molecule has 6 heteroatoms. The molecule has 1 rings (SSSR count). The molecule has 0 amide bonds. The van der Waals surface area contributed by atoms with E-state index in [1.807, 2.05) is 0 Å². The lowest BCUT2D eigenvalue weighted by molar-refractivity contribution is -0.140. The number of carbonyl (C=O) groups is 1. The predicted octanol–water partition coefficient (Wildman–Crippen LogP) is 1.00. The highest BCUT2D eigenvalue weighted by Gasteiger charge is 2.17. The zero-order valence-electron chi connectivity index (χ0n) is 7.58. The van der Waals surface area contributed by atoms with Crippen molar-refractivity contribution in [3.05, 3.63) is 29.6 Å². The number of phenols is 1. The van der Waals surface area contributed by atoms with Crippen LogP contribution in [0.15, 0.2) is 18.2 Å². The molecule has 0 radical (unpaired) electrons. The highest BCUT2D eigenvalue weighted by Crippen LogP contribution is 2.17. The molecule has 0 heterocycles. The van der Waals surface area contributed by atoms with Crippen LogP contribution in [0.4, 0.5) is 8.87 Å². The lowest BCUT2D eigenvalue weighted by atomic mass is 10.1. The Bertz CT molecular complexity index is 370. The van der Waals surface area contributed by atoms with Gasteiger partial charge in [-0.05, 0) is 17.7 Å². The van der Waals surface area contributed by atoms with Gasteiger partial charge in [-0.2, -0.15) is 0 Å². The maximum atomic E-state index is 12.8. The van der Waals surface area contributed by atoms with Crippen LogP contribution < -0.4 is 5.54 Å². The van der Waals surface area contributed by atoms with Crippen molar-refractivity contribution in [2.24, 2.45) is 0 Å². The molecule has 4 nitrogen and oxygen atoms in total. The van der Waals surface area contributed by atoms with E-state index < -0.39 is 23.6 Å². The largest absolute Gasteiger partial charge is 0.505 e. The maximum absolute atomic E-state index is 12.8. The Morgan fingerprint density at radius 1 is 1.53 bits per heavy atom. The van der Waals surface area contributed by atoms with Gasteiger partial charge in [0.1, 0.15) is 6.04 Å². The first kappa shape index (κ1) is 11.4. The van der Waals surface area contributed by atoms with E-state index in [2.05, 4.69) is 0 Å². The summed E-state index contributed by atoms with van der Waals surface area (Å²) < 4.78 is 24.8. The molecule has 0 aromatic heterocycles. The second-order valence-electron chi connectivity index (χ2n) is 2.99. The molecule has 0 spiro atoms. The van der Waals surface area contributed by atoms with E-state index in [0.29, 0.717) is 0 Å². The molecule has 15 heavy (non-hydrogen) atoms. The number of aromatic hydroxyl groups is 1. The Hall–Kier alpha value is -1.69. The molecule has 82 valence electrons. The van der Waals surface area contributed by atoms with Crippen LogP contribution in [0.1, 0.15) is 5.56 Å². The van der Waals surface area contributed by atoms with Gasteiger partial charge in [-0.3, -0.25) is 4.79 Å². The molecular weight excluding hydrogens is 208 g/mol. The summed E-state index contributed by atoms with van der Waals surface area (Å²) in [6.45, 7) is 0. The van der Waals surface area contributed by atoms with E-state index in [1.165, 1.54) is 6.07 Å². The van der Waals surface area contributed by atoms with Crippen molar-refractivity contribution < 1.29 is 23.9 Å². The summed E-state index contributed by atoms with van der Waals surface area (Å²) in [6, 6.07) is 1.95. The van der Waals surface area contributed by atoms with Gasteiger partial charge in [0.05, 0.1) is 0 Å². The first-order valence-corrected chi connectivity index (χ1v) is 4.11. The highest BCUT2D eigenvalue weighted by atomic mass is 19.2. The number of hydrogen-bond acceptors (Lipinski definition) is 3. The minimum absolute atomic E-state index is 0.205. The third-order valence-corrected chi connectivity index (χ3v) is 1.88. The van der Waals surface area contributed by atoms with Crippen molar-refractivity contribution in [1.29, 1.82) is 0 Å². The van der Waals surface area contributed by atoms with E-state index in [9.17, 15) is 13.7 Å². The SMILES string of the molecule is O=C(O)C(Cc1ccc(O)c(F)c1)NF. The van der Waals surface area contributed by atoms with E-state index in [1.54, 1.807) is 0 Å². The number of rotatable bonds is 4. The van der Waals surface area contributed by atoms with Crippen LogP contribution in [0.5, 0.6) is 5.75 Å². The van der Waals surface area contributed by atoms with Crippen molar-refractivity contribution in [3.8, 4) is 5.75 Å². The summed E-state index contributed by atoms with van der Waals surface area (Å²) in [4.78, 5) is 10.4. The van der Waals surface area contributed by atoms with Crippen LogP contribution in [0.2, 0.25) is 0 Å². The fourth-order valence-corrected chi connectivity index (χ4v) is 1.09. The summed E-state index contributed by atoms with van der Waals surface area (Å²) in [7, 11) is 0. The first-order valence-electron chi connectivity index (χ1n) is 4.11. The Kier molecular flexibility index (Phi) is 3.56. The van der Waals surface area contributed by atoms with E-state index in [4.69, 9.17) is 10.2 Å². The summed E-state index contributed by atoms with van der Waals surface area (Å²) in [5.74, 6) is -2.76. The summed E-state index contributed by atoms with van der Waals surface area (Å²) in [5.41, 5.74) is 1.38. The van der Waals surface area contributed by atoms with Crippen LogP contribution in [-0.2, 0) is 11.2 Å². The van der Waals surface area contributed by atoms with E-state index >= 15 is 0 Å². The van der Waals surface area contributed by atoms with Gasteiger partial charge in [0, 0.05) is 6.42 Å². The Labute approximate surface area is 84.1 Å². The smallest absolute Gasteiger partial charge is 0.323 e. The first-order chi connectivity index (χ1) is 7.04. The van der Waals surface area contributed by atoms with Gasteiger partial charge in [-0.25, -0.2) is 4.39 Å². The molecular formula is C9H9F2NO3. The van der Waals surface area contributed by atoms with Gasteiger partial charge >= 0.3 is 5.97 Å². The molecule has 0 aliphatic heterocycles. The summed E-state index contributed by atoms with van der Waals surface area (Å²) in [6.07, 6.45) is -0.205. The van der Waals surface area contributed by atoms with Crippen molar-refractivity contribution >= 4 is 5.97 Å². The lowest BCUT2D eigenvalue weighted by Crippen LogP contribution is -2.33. The maximum Gasteiger partial charge on any atom is 0.323 e. The second kappa shape index (κ2) is 4.70. The molecule has 0 saturated heterocycles. The lowest BCUT2D eigenvalue weighted by Gasteiger charge is -2.08. The van der Waals surface area contributed by atoms with E-state index in [-0.39, 0.29) is 12.0 Å². The molecule has 1 unspecified atom stereocenters. The number of aliphatic carboxylic acids is 1. The number of carboxylic acids is 1. The minimum atomic E-state index is -1.42. The normalized spacial score (nSPS) is 12.4.